The molecule has 1 amide bonds. The summed E-state index contributed by atoms with van der Waals surface area (Å²) in [5, 5.41) is 8.64. The second kappa shape index (κ2) is 4.51. The van der Waals surface area contributed by atoms with Crippen molar-refractivity contribution in [2.45, 2.75) is 11.8 Å². The van der Waals surface area contributed by atoms with Crippen molar-refractivity contribution in [3.8, 4) is 6.07 Å². The molecule has 5 nitrogen and oxygen atoms in total. The van der Waals surface area contributed by atoms with E-state index in [1.54, 1.807) is 0 Å². The Kier molecular flexibility index (Phi) is 3.22. The third kappa shape index (κ3) is 2.21. The number of nitriles is 1. The van der Waals surface area contributed by atoms with Gasteiger partial charge in [0.2, 0.25) is 5.91 Å². The molecule has 7 heteroatoms. The Morgan fingerprint density at radius 3 is 2.88 bits per heavy atom. The average Bonchev–Trinajstić information content (AvgIpc) is 2.57. The number of amides is 1. The van der Waals surface area contributed by atoms with Gasteiger partial charge in [0.05, 0.1) is 11.1 Å². The van der Waals surface area contributed by atoms with Crippen molar-refractivity contribution in [1.82, 2.24) is 4.98 Å². The summed E-state index contributed by atoms with van der Waals surface area (Å²) in [6.45, 7) is 0.408. The fourth-order valence-electron chi connectivity index (χ4n) is 1.65. The quantitative estimate of drug-likeness (QED) is 0.631. The summed E-state index contributed by atoms with van der Waals surface area (Å²) in [6.07, 6.45) is 0.292. The van der Waals surface area contributed by atoms with Gasteiger partial charge >= 0.3 is 0 Å². The van der Waals surface area contributed by atoms with E-state index in [-0.39, 0.29) is 22.5 Å². The molecular weight excluding hydrogens is 307 g/mol. The first-order valence-electron chi connectivity index (χ1n) is 4.83. The van der Waals surface area contributed by atoms with Gasteiger partial charge in [0.1, 0.15) is 22.1 Å². The zero-order chi connectivity index (χ0) is 12.6. The van der Waals surface area contributed by atoms with Crippen molar-refractivity contribution < 1.29 is 4.79 Å². The summed E-state index contributed by atoms with van der Waals surface area (Å²) in [6, 6.07) is 3.45. The highest BCUT2D eigenvalue weighted by atomic mass is 79.9. The lowest BCUT2D eigenvalue weighted by molar-refractivity contribution is -0.117. The van der Waals surface area contributed by atoms with E-state index >= 15 is 0 Å². The number of carbonyl (C=O) groups is 1. The number of hydrogen-bond donors (Lipinski definition) is 1. The Morgan fingerprint density at radius 1 is 1.71 bits per heavy atom. The van der Waals surface area contributed by atoms with Gasteiger partial charge in [-0.2, -0.15) is 5.26 Å². The first-order chi connectivity index (χ1) is 8.02. The lowest BCUT2D eigenvalue weighted by Crippen LogP contribution is -2.26. The fourth-order valence-corrected chi connectivity index (χ4v) is 2.42. The number of rotatable bonds is 1. The Hall–Kier alpha value is -1.32. The van der Waals surface area contributed by atoms with Gasteiger partial charge in [-0.1, -0.05) is 0 Å². The van der Waals surface area contributed by atoms with Gasteiger partial charge in [0, 0.05) is 19.0 Å². The molecule has 1 aromatic rings. The summed E-state index contributed by atoms with van der Waals surface area (Å²) < 4.78 is 0.334. The van der Waals surface area contributed by atoms with Crippen LogP contribution in [0.3, 0.4) is 0 Å². The van der Waals surface area contributed by atoms with E-state index in [0.29, 0.717) is 23.4 Å². The molecule has 88 valence electrons. The highest BCUT2D eigenvalue weighted by molar-refractivity contribution is 9.10. The van der Waals surface area contributed by atoms with Crippen LogP contribution in [-0.2, 0) is 4.79 Å². The maximum atomic E-state index is 11.6. The number of nitrogen functional groups attached to an aromatic ring is 1. The van der Waals surface area contributed by atoms with Crippen molar-refractivity contribution in [3.63, 3.8) is 0 Å². The van der Waals surface area contributed by atoms with Gasteiger partial charge in [-0.25, -0.2) is 4.98 Å². The number of alkyl halides is 1. The predicted molar refractivity (Wildman–Crippen MR) is 67.7 cm³/mol. The third-order valence-electron chi connectivity index (χ3n) is 2.46. The van der Waals surface area contributed by atoms with Crippen LogP contribution < -0.4 is 10.6 Å². The van der Waals surface area contributed by atoms with E-state index in [1.165, 1.54) is 11.0 Å². The molecule has 0 aliphatic carbocycles. The molecule has 2 rings (SSSR count). The molecule has 0 saturated carbocycles. The lowest BCUT2D eigenvalue weighted by atomic mass is 10.2. The topological polar surface area (TPSA) is 83.0 Å². The van der Waals surface area contributed by atoms with Crippen molar-refractivity contribution >= 4 is 44.9 Å². The Bertz CT molecular complexity index is 505. The van der Waals surface area contributed by atoms with Crippen LogP contribution in [0.2, 0.25) is 0 Å². The number of aromatic nitrogens is 1. The number of nitrogens with two attached hydrogens (primary N) is 1. The SMILES string of the molecule is N#Cc1c(N)cc(N2CC(Cl)CC2=O)nc1Br. The molecule has 1 aromatic heterocycles. The number of hydrogen-bond acceptors (Lipinski definition) is 4. The van der Waals surface area contributed by atoms with E-state index in [2.05, 4.69) is 20.9 Å². The Labute approximate surface area is 111 Å². The first-order valence-corrected chi connectivity index (χ1v) is 6.06. The molecular formula is C10H8BrClN4O. The zero-order valence-corrected chi connectivity index (χ0v) is 11.0. The van der Waals surface area contributed by atoms with E-state index in [0.717, 1.165) is 0 Å². The lowest BCUT2D eigenvalue weighted by Gasteiger charge is -2.16. The Balaban J connectivity index is 2.42. The van der Waals surface area contributed by atoms with Crippen LogP contribution in [0.25, 0.3) is 0 Å². The van der Waals surface area contributed by atoms with E-state index in [1.807, 2.05) is 6.07 Å². The average molecular weight is 316 g/mol. The molecule has 1 unspecified atom stereocenters. The summed E-state index contributed by atoms with van der Waals surface area (Å²) >= 11 is 9.06. The fraction of sp³-hybridized carbons (Fsp3) is 0.300. The number of nitrogens with zero attached hydrogens (tertiary/aromatic N) is 3. The van der Waals surface area contributed by atoms with Crippen LogP contribution in [0.1, 0.15) is 12.0 Å². The molecule has 1 aliphatic heterocycles. The number of halogens is 2. The van der Waals surface area contributed by atoms with Crippen LogP contribution in [0, 0.1) is 11.3 Å². The Morgan fingerprint density at radius 2 is 2.41 bits per heavy atom. The molecule has 1 atom stereocenters. The van der Waals surface area contributed by atoms with Gasteiger partial charge in [0.25, 0.3) is 0 Å². The monoisotopic (exact) mass is 314 g/mol. The molecule has 0 aromatic carbocycles. The van der Waals surface area contributed by atoms with E-state index in [4.69, 9.17) is 22.6 Å². The van der Waals surface area contributed by atoms with Gasteiger partial charge in [-0.3, -0.25) is 9.69 Å². The predicted octanol–water partition coefficient (Wildman–Crippen LogP) is 1.64. The van der Waals surface area contributed by atoms with Crippen molar-refractivity contribution in [2.75, 3.05) is 17.2 Å². The molecule has 0 spiro atoms. The van der Waals surface area contributed by atoms with Crippen LogP contribution in [0.15, 0.2) is 10.7 Å². The highest BCUT2D eigenvalue weighted by Crippen LogP contribution is 2.28. The van der Waals surface area contributed by atoms with E-state index < -0.39 is 0 Å². The third-order valence-corrected chi connectivity index (χ3v) is 3.32. The smallest absolute Gasteiger partial charge is 0.229 e. The molecule has 1 saturated heterocycles. The molecule has 1 aliphatic rings. The molecule has 0 radical (unpaired) electrons. The van der Waals surface area contributed by atoms with Crippen molar-refractivity contribution in [2.24, 2.45) is 0 Å². The van der Waals surface area contributed by atoms with Crippen LogP contribution in [-0.4, -0.2) is 22.8 Å². The van der Waals surface area contributed by atoms with Crippen molar-refractivity contribution in [3.05, 3.63) is 16.2 Å². The second-order valence-electron chi connectivity index (χ2n) is 3.65. The summed E-state index contributed by atoms with van der Waals surface area (Å²) in [5.74, 6) is 0.329. The normalized spacial score (nSPS) is 19.5. The number of anilines is 2. The minimum atomic E-state index is -0.208. The second-order valence-corrected chi connectivity index (χ2v) is 5.02. The van der Waals surface area contributed by atoms with Gasteiger partial charge in [-0.05, 0) is 15.9 Å². The van der Waals surface area contributed by atoms with E-state index in [9.17, 15) is 4.79 Å². The van der Waals surface area contributed by atoms with Crippen LogP contribution in [0.4, 0.5) is 11.5 Å². The summed E-state index contributed by atoms with van der Waals surface area (Å²) in [4.78, 5) is 17.2. The number of pyridine rings is 1. The highest BCUT2D eigenvalue weighted by Gasteiger charge is 2.30. The van der Waals surface area contributed by atoms with Crippen LogP contribution >= 0.6 is 27.5 Å². The maximum Gasteiger partial charge on any atom is 0.229 e. The summed E-state index contributed by atoms with van der Waals surface area (Å²) in [7, 11) is 0. The van der Waals surface area contributed by atoms with Gasteiger partial charge in [0.15, 0.2) is 0 Å². The minimum Gasteiger partial charge on any atom is -0.397 e. The molecule has 17 heavy (non-hydrogen) atoms. The molecule has 2 N–H and O–H groups in total. The zero-order valence-electron chi connectivity index (χ0n) is 8.65. The minimum absolute atomic E-state index is 0.0893. The van der Waals surface area contributed by atoms with Crippen molar-refractivity contribution in [1.29, 1.82) is 5.26 Å². The summed E-state index contributed by atoms with van der Waals surface area (Å²) in [5.41, 5.74) is 6.27. The standard InChI is InChI=1S/C10H8BrClN4O/c11-10-6(3-13)7(14)2-8(15-10)16-4-5(12)1-9(16)17/h2,5H,1,4H2,(H2,14,15). The van der Waals surface area contributed by atoms with Gasteiger partial charge in [-0.15, -0.1) is 11.6 Å². The maximum absolute atomic E-state index is 11.6. The largest absolute Gasteiger partial charge is 0.397 e. The molecule has 1 fully saturated rings. The first kappa shape index (κ1) is 12.1. The van der Waals surface area contributed by atoms with Crippen LogP contribution in [0.5, 0.6) is 0 Å². The molecule has 2 heterocycles. The van der Waals surface area contributed by atoms with Gasteiger partial charge < -0.3 is 5.73 Å². The molecule has 0 bridgehead atoms. The number of carbonyl (C=O) groups excluding carboxylic acids is 1.